The van der Waals surface area contributed by atoms with Crippen molar-refractivity contribution in [2.45, 2.75) is 13.0 Å². The molecule has 41 heavy (non-hydrogen) atoms. The number of benzene rings is 2. The summed E-state index contributed by atoms with van der Waals surface area (Å²) in [6.45, 7) is 1.99. The van der Waals surface area contributed by atoms with Gasteiger partial charge in [0.25, 0.3) is 5.56 Å². The van der Waals surface area contributed by atoms with Crippen LogP contribution >= 0.6 is 0 Å². The highest BCUT2D eigenvalue weighted by Crippen LogP contribution is 2.33. The second kappa shape index (κ2) is 10.9. The number of para-hydroxylation sites is 1. The maximum atomic E-state index is 14.4. The van der Waals surface area contributed by atoms with Gasteiger partial charge in [-0.2, -0.15) is 4.98 Å². The van der Waals surface area contributed by atoms with Gasteiger partial charge in [0.15, 0.2) is 0 Å². The fourth-order valence-corrected chi connectivity index (χ4v) is 5.00. The monoisotopic (exact) mass is 541 g/mol. The first-order chi connectivity index (χ1) is 20.0. The fraction of sp³-hybridized carbons (Fsp3) is 0.0938. The molecule has 0 saturated carbocycles. The maximum Gasteiger partial charge on any atom is 0.263 e. The molecule has 0 bridgehead atoms. The summed E-state index contributed by atoms with van der Waals surface area (Å²) in [4.78, 5) is 31.5. The number of nitrogens with zero attached hydrogens (tertiary/aromatic N) is 5. The number of nitrogens with one attached hydrogen (secondary N) is 1. The summed E-state index contributed by atoms with van der Waals surface area (Å²) in [5.41, 5.74) is 10.7. The van der Waals surface area contributed by atoms with Crippen LogP contribution in [0.4, 0.5) is 11.8 Å². The summed E-state index contributed by atoms with van der Waals surface area (Å²) in [5, 5.41) is 4.91. The molecule has 0 fully saturated rings. The zero-order chi connectivity index (χ0) is 28.3. The number of anilines is 2. The summed E-state index contributed by atoms with van der Waals surface area (Å²) in [6, 6.07) is 24.6. The number of aromatic nitrogens is 5. The largest absolute Gasteiger partial charge is 0.481 e. The van der Waals surface area contributed by atoms with E-state index in [1.807, 2.05) is 85.8 Å². The standard InChI is InChI=1S/C32H27N7O2/c1-20(37-30-26(19-36-32(33)38-30)21-11-14-34-15-12-21)27-17-23-7-6-10-25(22-13-16-35-28(18-22)41-2)29(23)31(40)39(27)24-8-4-3-5-9-24/h3-20H,1-2H3,(H3,33,36,37,38). The topological polar surface area (TPSA) is 121 Å². The second-order valence-electron chi connectivity index (χ2n) is 9.49. The van der Waals surface area contributed by atoms with Crippen molar-refractivity contribution in [2.75, 3.05) is 18.2 Å². The van der Waals surface area contributed by atoms with Crippen molar-refractivity contribution >= 4 is 22.5 Å². The summed E-state index contributed by atoms with van der Waals surface area (Å²) in [6.07, 6.45) is 6.79. The molecule has 0 radical (unpaired) electrons. The SMILES string of the molecule is COc1cc(-c2cccc3cc(C(C)Nc4nc(N)ncc4-c4ccncc4)n(-c4ccccc4)c(=O)c23)ccn1. The van der Waals surface area contributed by atoms with Crippen LogP contribution in [0.2, 0.25) is 0 Å². The van der Waals surface area contributed by atoms with Crippen molar-refractivity contribution in [3.05, 3.63) is 120 Å². The lowest BCUT2D eigenvalue weighted by atomic mass is 9.98. The summed E-state index contributed by atoms with van der Waals surface area (Å²) < 4.78 is 7.09. The Labute approximate surface area is 236 Å². The molecule has 4 aromatic heterocycles. The molecule has 3 N–H and O–H groups in total. The minimum Gasteiger partial charge on any atom is -0.481 e. The first-order valence-electron chi connectivity index (χ1n) is 13.1. The van der Waals surface area contributed by atoms with E-state index in [9.17, 15) is 4.79 Å². The Bertz CT molecular complexity index is 1910. The molecule has 202 valence electrons. The van der Waals surface area contributed by atoms with E-state index in [-0.39, 0.29) is 17.5 Å². The number of methoxy groups -OCH3 is 1. The molecule has 9 heteroatoms. The van der Waals surface area contributed by atoms with Gasteiger partial charge in [0.1, 0.15) is 5.82 Å². The molecule has 0 aliphatic heterocycles. The molecule has 6 aromatic rings. The van der Waals surface area contributed by atoms with Crippen LogP contribution in [0, 0.1) is 0 Å². The highest BCUT2D eigenvalue weighted by molar-refractivity contribution is 5.96. The van der Waals surface area contributed by atoms with Crippen molar-refractivity contribution < 1.29 is 4.74 Å². The molecule has 1 unspecified atom stereocenters. The Hall–Kier alpha value is -5.57. The van der Waals surface area contributed by atoms with Crippen LogP contribution in [0.5, 0.6) is 5.88 Å². The number of hydrogen-bond donors (Lipinski definition) is 2. The van der Waals surface area contributed by atoms with Gasteiger partial charge in [0, 0.05) is 47.8 Å². The average molecular weight is 542 g/mol. The average Bonchev–Trinajstić information content (AvgIpc) is 3.01. The third-order valence-corrected chi connectivity index (χ3v) is 6.94. The lowest BCUT2D eigenvalue weighted by Crippen LogP contribution is -2.26. The van der Waals surface area contributed by atoms with Crippen LogP contribution in [-0.4, -0.2) is 31.6 Å². The van der Waals surface area contributed by atoms with Gasteiger partial charge in [-0.15, -0.1) is 0 Å². The van der Waals surface area contributed by atoms with Crippen LogP contribution in [0.25, 0.3) is 38.7 Å². The predicted octanol–water partition coefficient (Wildman–Crippen LogP) is 5.67. The maximum absolute atomic E-state index is 14.4. The minimum atomic E-state index is -0.341. The van der Waals surface area contributed by atoms with E-state index < -0.39 is 0 Å². The van der Waals surface area contributed by atoms with Crippen LogP contribution in [0.3, 0.4) is 0 Å². The number of rotatable bonds is 7. The van der Waals surface area contributed by atoms with E-state index in [1.54, 1.807) is 36.5 Å². The first kappa shape index (κ1) is 25.7. The molecule has 2 aromatic carbocycles. The van der Waals surface area contributed by atoms with Gasteiger partial charge < -0.3 is 15.8 Å². The molecule has 0 aliphatic rings. The fourth-order valence-electron chi connectivity index (χ4n) is 5.00. The molecule has 1 atom stereocenters. The quantitative estimate of drug-likeness (QED) is 0.265. The van der Waals surface area contributed by atoms with Crippen LogP contribution in [0.15, 0.2) is 108 Å². The highest BCUT2D eigenvalue weighted by atomic mass is 16.5. The number of pyridine rings is 3. The molecule has 9 nitrogen and oxygen atoms in total. The lowest BCUT2D eigenvalue weighted by molar-refractivity contribution is 0.398. The number of nitrogens with two attached hydrogens (primary N) is 1. The number of fused-ring (bicyclic) bond motifs is 1. The Kier molecular flexibility index (Phi) is 6.83. The van der Waals surface area contributed by atoms with Gasteiger partial charge in [-0.3, -0.25) is 14.3 Å². The molecular formula is C32H27N7O2. The lowest BCUT2D eigenvalue weighted by Gasteiger charge is -2.23. The van der Waals surface area contributed by atoms with E-state index in [2.05, 4.69) is 25.3 Å². The zero-order valence-electron chi connectivity index (χ0n) is 22.5. The Balaban J connectivity index is 1.54. The van der Waals surface area contributed by atoms with Gasteiger partial charge in [-0.05, 0) is 65.4 Å². The Morgan fingerprint density at radius 1 is 0.878 bits per heavy atom. The summed E-state index contributed by atoms with van der Waals surface area (Å²) in [5.74, 6) is 1.18. The third-order valence-electron chi connectivity index (χ3n) is 6.94. The van der Waals surface area contributed by atoms with Crippen molar-refractivity contribution in [2.24, 2.45) is 0 Å². The van der Waals surface area contributed by atoms with E-state index in [4.69, 9.17) is 10.5 Å². The van der Waals surface area contributed by atoms with Crippen molar-refractivity contribution in [1.82, 2.24) is 24.5 Å². The summed E-state index contributed by atoms with van der Waals surface area (Å²) in [7, 11) is 1.57. The van der Waals surface area contributed by atoms with Gasteiger partial charge in [-0.1, -0.05) is 36.4 Å². The summed E-state index contributed by atoms with van der Waals surface area (Å²) >= 11 is 0. The van der Waals surface area contributed by atoms with Crippen molar-refractivity contribution in [3.63, 3.8) is 0 Å². The van der Waals surface area contributed by atoms with E-state index in [0.717, 1.165) is 39.0 Å². The molecule has 0 spiro atoms. The third kappa shape index (κ3) is 4.96. The smallest absolute Gasteiger partial charge is 0.263 e. The number of nitrogen functional groups attached to an aromatic ring is 1. The molecule has 0 saturated heterocycles. The van der Waals surface area contributed by atoms with Gasteiger partial charge in [0.05, 0.1) is 18.5 Å². The van der Waals surface area contributed by atoms with Gasteiger partial charge in [-0.25, -0.2) is 9.97 Å². The zero-order valence-corrected chi connectivity index (χ0v) is 22.5. The molecule has 0 aliphatic carbocycles. The van der Waals surface area contributed by atoms with Crippen molar-refractivity contribution in [1.29, 1.82) is 0 Å². The van der Waals surface area contributed by atoms with Crippen LogP contribution in [-0.2, 0) is 0 Å². The molecule has 6 rings (SSSR count). The van der Waals surface area contributed by atoms with Gasteiger partial charge in [0.2, 0.25) is 11.8 Å². The van der Waals surface area contributed by atoms with Crippen LogP contribution in [0.1, 0.15) is 18.7 Å². The highest BCUT2D eigenvalue weighted by Gasteiger charge is 2.20. The molecule has 4 heterocycles. The second-order valence-corrected chi connectivity index (χ2v) is 9.49. The van der Waals surface area contributed by atoms with E-state index >= 15 is 0 Å². The molecule has 0 amide bonds. The Morgan fingerprint density at radius 3 is 2.44 bits per heavy atom. The number of ether oxygens (including phenoxy) is 1. The van der Waals surface area contributed by atoms with E-state index in [0.29, 0.717) is 17.1 Å². The number of hydrogen-bond acceptors (Lipinski definition) is 8. The van der Waals surface area contributed by atoms with E-state index in [1.165, 1.54) is 0 Å². The van der Waals surface area contributed by atoms with Gasteiger partial charge >= 0.3 is 0 Å². The van der Waals surface area contributed by atoms with Crippen LogP contribution < -0.4 is 21.3 Å². The molecular weight excluding hydrogens is 514 g/mol. The minimum absolute atomic E-state index is 0.139. The normalized spacial score (nSPS) is 11.8. The predicted molar refractivity (Wildman–Crippen MR) is 161 cm³/mol. The Morgan fingerprint density at radius 2 is 1.66 bits per heavy atom. The van der Waals surface area contributed by atoms with Crippen molar-refractivity contribution in [3.8, 4) is 33.8 Å². The first-order valence-corrected chi connectivity index (χ1v) is 13.1.